The van der Waals surface area contributed by atoms with E-state index >= 15 is 0 Å². The topological polar surface area (TPSA) is 84.9 Å². The Morgan fingerprint density at radius 2 is 1.70 bits per heavy atom. The highest BCUT2D eigenvalue weighted by molar-refractivity contribution is 5.95. The van der Waals surface area contributed by atoms with Gasteiger partial charge in [-0.15, -0.1) is 0 Å². The molecule has 2 rings (SSSR count). The average Bonchev–Trinajstić information content (AvgIpc) is 2.38. The van der Waals surface area contributed by atoms with Gasteiger partial charge in [-0.1, -0.05) is 0 Å². The number of aromatic nitrogens is 2. The second-order valence-corrected chi connectivity index (χ2v) is 3.75. The zero-order valence-electron chi connectivity index (χ0n) is 9.98. The number of halogens is 3. The van der Waals surface area contributed by atoms with Gasteiger partial charge < -0.3 is 10.5 Å². The predicted molar refractivity (Wildman–Crippen MR) is 64.6 cm³/mol. The average molecular weight is 282 g/mol. The summed E-state index contributed by atoms with van der Waals surface area (Å²) >= 11 is 0. The van der Waals surface area contributed by atoms with Crippen LogP contribution in [0.15, 0.2) is 36.7 Å². The van der Waals surface area contributed by atoms with Crippen LogP contribution in [-0.4, -0.2) is 15.8 Å². The fraction of sp³-hybridized carbons (Fsp3) is 0.0833. The number of nitrogen functional groups attached to an aromatic ring is 1. The van der Waals surface area contributed by atoms with Gasteiger partial charge in [-0.25, -0.2) is 9.97 Å². The summed E-state index contributed by atoms with van der Waals surface area (Å²) in [5.41, 5.74) is 4.54. The molecule has 0 unspecified atom stereocenters. The molecule has 3 N–H and O–H groups in total. The molecule has 0 amide bonds. The van der Waals surface area contributed by atoms with Gasteiger partial charge in [0.1, 0.15) is 11.6 Å². The minimum absolute atomic E-state index is 0.0207. The summed E-state index contributed by atoms with van der Waals surface area (Å²) < 4.78 is 42.5. The van der Waals surface area contributed by atoms with Crippen molar-refractivity contribution in [3.05, 3.63) is 47.9 Å². The molecular weight excluding hydrogens is 273 g/mol. The lowest BCUT2D eigenvalue weighted by atomic mass is 10.2. The Labute approximate surface area is 111 Å². The molecule has 8 heteroatoms. The van der Waals surface area contributed by atoms with Gasteiger partial charge in [0, 0.05) is 12.4 Å². The van der Waals surface area contributed by atoms with Crippen LogP contribution in [0.25, 0.3) is 0 Å². The monoisotopic (exact) mass is 282 g/mol. The maximum Gasteiger partial charge on any atom is 0.416 e. The quantitative estimate of drug-likeness (QED) is 0.669. The molecule has 5 nitrogen and oxygen atoms in total. The van der Waals surface area contributed by atoms with E-state index in [4.69, 9.17) is 15.9 Å². The smallest absolute Gasteiger partial charge is 0.416 e. The molecule has 104 valence electrons. The molecule has 0 aliphatic rings. The van der Waals surface area contributed by atoms with Crippen molar-refractivity contribution >= 4 is 5.84 Å². The van der Waals surface area contributed by atoms with Gasteiger partial charge in [0.2, 0.25) is 5.88 Å². The summed E-state index contributed by atoms with van der Waals surface area (Å²) in [4.78, 5) is 7.65. The Bertz CT molecular complexity index is 625. The zero-order valence-corrected chi connectivity index (χ0v) is 9.98. The fourth-order valence-corrected chi connectivity index (χ4v) is 1.41. The zero-order chi connectivity index (χ0) is 14.8. The number of rotatable bonds is 3. The van der Waals surface area contributed by atoms with Crippen LogP contribution >= 0.6 is 0 Å². The number of nitrogens with one attached hydrogen (secondary N) is 1. The maximum atomic E-state index is 12.4. The normalized spacial score (nSPS) is 11.2. The van der Waals surface area contributed by atoms with Gasteiger partial charge in [0.15, 0.2) is 5.69 Å². The van der Waals surface area contributed by atoms with Crippen LogP contribution in [-0.2, 0) is 6.18 Å². The molecule has 0 aliphatic carbocycles. The largest absolute Gasteiger partial charge is 0.437 e. The molecule has 20 heavy (non-hydrogen) atoms. The van der Waals surface area contributed by atoms with Crippen LogP contribution in [0.2, 0.25) is 0 Å². The molecule has 1 aromatic carbocycles. The standard InChI is InChI=1S/C12H9F3N4O/c13-12(14,15)7-1-3-8(4-2-7)20-11-9(10(16)17)18-5-6-19-11/h1-6H,(H3,16,17). The molecule has 0 spiro atoms. The first kappa shape index (κ1) is 13.8. The van der Waals surface area contributed by atoms with E-state index in [-0.39, 0.29) is 23.2 Å². The van der Waals surface area contributed by atoms with E-state index in [0.717, 1.165) is 24.3 Å². The number of alkyl halides is 3. The molecule has 1 heterocycles. The molecule has 0 aliphatic heterocycles. The van der Waals surface area contributed by atoms with Gasteiger partial charge in [0.25, 0.3) is 0 Å². The highest BCUT2D eigenvalue weighted by atomic mass is 19.4. The Morgan fingerprint density at radius 1 is 1.10 bits per heavy atom. The second kappa shape index (κ2) is 5.16. The molecule has 0 saturated carbocycles. The molecule has 2 aromatic rings. The van der Waals surface area contributed by atoms with Crippen molar-refractivity contribution < 1.29 is 17.9 Å². The van der Waals surface area contributed by atoms with E-state index in [2.05, 4.69) is 9.97 Å². The highest BCUT2D eigenvalue weighted by Gasteiger charge is 2.30. The number of hydrogen-bond acceptors (Lipinski definition) is 4. The lowest BCUT2D eigenvalue weighted by Crippen LogP contribution is -2.15. The molecule has 0 saturated heterocycles. The van der Waals surface area contributed by atoms with Crippen LogP contribution < -0.4 is 10.5 Å². The van der Waals surface area contributed by atoms with Crippen LogP contribution in [0.1, 0.15) is 11.3 Å². The third-order valence-corrected chi connectivity index (χ3v) is 2.32. The van der Waals surface area contributed by atoms with Gasteiger partial charge in [-0.2, -0.15) is 13.2 Å². The molecule has 1 aromatic heterocycles. The first-order valence-electron chi connectivity index (χ1n) is 5.38. The molecular formula is C12H9F3N4O. The van der Waals surface area contributed by atoms with E-state index in [1.54, 1.807) is 0 Å². The van der Waals surface area contributed by atoms with Crippen molar-refractivity contribution in [3.63, 3.8) is 0 Å². The summed E-state index contributed by atoms with van der Waals surface area (Å²) in [6.45, 7) is 0. The van der Waals surface area contributed by atoms with Crippen molar-refractivity contribution in [3.8, 4) is 11.6 Å². The van der Waals surface area contributed by atoms with Crippen molar-refractivity contribution in [2.24, 2.45) is 5.73 Å². The van der Waals surface area contributed by atoms with Crippen LogP contribution in [0.3, 0.4) is 0 Å². The SMILES string of the molecule is N=C(N)c1nccnc1Oc1ccc(C(F)(F)F)cc1. The number of hydrogen-bond donors (Lipinski definition) is 2. The second-order valence-electron chi connectivity index (χ2n) is 3.75. The number of amidine groups is 1. The van der Waals surface area contributed by atoms with Crippen LogP contribution in [0.4, 0.5) is 13.2 Å². The Hall–Kier alpha value is -2.64. The molecule has 0 bridgehead atoms. The van der Waals surface area contributed by atoms with Crippen LogP contribution in [0.5, 0.6) is 11.6 Å². The molecule has 0 radical (unpaired) electrons. The lowest BCUT2D eigenvalue weighted by Gasteiger charge is -2.09. The number of benzene rings is 1. The predicted octanol–water partition coefficient (Wildman–Crippen LogP) is 2.57. The minimum Gasteiger partial charge on any atom is -0.437 e. The van der Waals surface area contributed by atoms with Crippen LogP contribution in [0, 0.1) is 5.41 Å². The summed E-state index contributed by atoms with van der Waals surface area (Å²) in [5, 5.41) is 7.30. The first-order valence-corrected chi connectivity index (χ1v) is 5.38. The Morgan fingerprint density at radius 3 is 2.25 bits per heavy atom. The molecule has 0 atom stereocenters. The summed E-state index contributed by atoms with van der Waals surface area (Å²) in [5.74, 6) is -0.249. The first-order chi connectivity index (χ1) is 9.38. The van der Waals surface area contributed by atoms with E-state index in [0.29, 0.717) is 0 Å². The third-order valence-electron chi connectivity index (χ3n) is 2.32. The van der Waals surface area contributed by atoms with Crippen molar-refractivity contribution in [1.82, 2.24) is 9.97 Å². The molecule has 0 fully saturated rings. The highest BCUT2D eigenvalue weighted by Crippen LogP contribution is 2.31. The third kappa shape index (κ3) is 3.02. The van der Waals surface area contributed by atoms with Gasteiger partial charge in [0.05, 0.1) is 5.56 Å². The van der Waals surface area contributed by atoms with E-state index < -0.39 is 11.7 Å². The number of ether oxygens (including phenoxy) is 1. The minimum atomic E-state index is -4.41. The van der Waals surface area contributed by atoms with E-state index in [1.807, 2.05) is 0 Å². The summed E-state index contributed by atoms with van der Waals surface area (Å²) in [7, 11) is 0. The van der Waals surface area contributed by atoms with E-state index in [9.17, 15) is 13.2 Å². The fourth-order valence-electron chi connectivity index (χ4n) is 1.41. The Balaban J connectivity index is 2.25. The number of nitrogens with zero attached hydrogens (tertiary/aromatic N) is 2. The maximum absolute atomic E-state index is 12.4. The van der Waals surface area contributed by atoms with E-state index in [1.165, 1.54) is 12.4 Å². The van der Waals surface area contributed by atoms with Gasteiger partial charge in [-0.3, -0.25) is 5.41 Å². The van der Waals surface area contributed by atoms with Gasteiger partial charge in [-0.05, 0) is 24.3 Å². The summed E-state index contributed by atoms with van der Waals surface area (Å²) in [6.07, 6.45) is -1.75. The van der Waals surface area contributed by atoms with Crippen molar-refractivity contribution in [2.45, 2.75) is 6.18 Å². The summed E-state index contributed by atoms with van der Waals surface area (Å²) in [6, 6.07) is 4.08. The number of nitrogens with two attached hydrogens (primary N) is 1. The van der Waals surface area contributed by atoms with Gasteiger partial charge >= 0.3 is 6.18 Å². The van der Waals surface area contributed by atoms with Crippen molar-refractivity contribution in [1.29, 1.82) is 5.41 Å². The lowest BCUT2D eigenvalue weighted by molar-refractivity contribution is -0.137. The van der Waals surface area contributed by atoms with Crippen molar-refractivity contribution in [2.75, 3.05) is 0 Å². The Kier molecular flexibility index (Phi) is 3.55.